The maximum absolute atomic E-state index is 11.5. The molecule has 18 heavy (non-hydrogen) atoms. The Hall–Kier alpha value is -2.10. The lowest BCUT2D eigenvalue weighted by molar-refractivity contribution is -0.144. The van der Waals surface area contributed by atoms with Crippen molar-refractivity contribution in [2.75, 3.05) is 0 Å². The van der Waals surface area contributed by atoms with Gasteiger partial charge in [0.15, 0.2) is 0 Å². The molecule has 0 spiro atoms. The van der Waals surface area contributed by atoms with Crippen LogP contribution in [-0.2, 0) is 29.6 Å². The molecule has 0 fully saturated rings. The van der Waals surface area contributed by atoms with Gasteiger partial charge < -0.3 is 4.74 Å². The average Bonchev–Trinajstić information content (AvgIpc) is 2.81. The van der Waals surface area contributed by atoms with Gasteiger partial charge in [-0.3, -0.25) is 9.48 Å². The van der Waals surface area contributed by atoms with Crippen molar-refractivity contribution in [3.8, 4) is 0 Å². The third-order valence-corrected chi connectivity index (χ3v) is 2.60. The molecule has 4 nitrogen and oxygen atoms in total. The zero-order valence-corrected chi connectivity index (χ0v) is 10.4. The SMILES string of the molecule is Cn1ccc(CCC(=O)OCc2ccccc2)n1. The number of ether oxygens (including phenoxy) is 1. The molecule has 0 atom stereocenters. The highest BCUT2D eigenvalue weighted by Crippen LogP contribution is 2.04. The van der Waals surface area contributed by atoms with E-state index in [9.17, 15) is 4.79 Å². The molecule has 0 amide bonds. The summed E-state index contributed by atoms with van der Waals surface area (Å²) < 4.78 is 6.91. The second-order valence-electron chi connectivity index (χ2n) is 4.13. The van der Waals surface area contributed by atoms with Crippen molar-refractivity contribution >= 4 is 5.97 Å². The van der Waals surface area contributed by atoms with Gasteiger partial charge >= 0.3 is 5.97 Å². The summed E-state index contributed by atoms with van der Waals surface area (Å²) in [6.45, 7) is 0.335. The van der Waals surface area contributed by atoms with Crippen LogP contribution in [0.5, 0.6) is 0 Å². The van der Waals surface area contributed by atoms with Crippen molar-refractivity contribution in [3.05, 3.63) is 53.9 Å². The molecule has 0 unspecified atom stereocenters. The van der Waals surface area contributed by atoms with Crippen LogP contribution in [-0.4, -0.2) is 15.7 Å². The van der Waals surface area contributed by atoms with Crippen LogP contribution in [0, 0.1) is 0 Å². The molecule has 1 aromatic heterocycles. The Bertz CT molecular complexity index is 506. The fourth-order valence-electron chi connectivity index (χ4n) is 1.64. The van der Waals surface area contributed by atoms with E-state index >= 15 is 0 Å². The van der Waals surface area contributed by atoms with E-state index in [2.05, 4.69) is 5.10 Å². The lowest BCUT2D eigenvalue weighted by Crippen LogP contribution is -2.06. The molecule has 0 aliphatic carbocycles. The van der Waals surface area contributed by atoms with Crippen molar-refractivity contribution < 1.29 is 9.53 Å². The van der Waals surface area contributed by atoms with Crippen LogP contribution in [0.3, 0.4) is 0 Å². The molecule has 1 aromatic carbocycles. The Kier molecular flexibility index (Phi) is 4.12. The summed E-state index contributed by atoms with van der Waals surface area (Å²) in [5.41, 5.74) is 1.91. The highest BCUT2D eigenvalue weighted by molar-refractivity contribution is 5.69. The summed E-state index contributed by atoms with van der Waals surface area (Å²) in [6, 6.07) is 11.6. The van der Waals surface area contributed by atoms with E-state index in [0.717, 1.165) is 11.3 Å². The van der Waals surface area contributed by atoms with E-state index in [0.29, 0.717) is 19.4 Å². The molecule has 0 radical (unpaired) electrons. The Balaban J connectivity index is 1.73. The summed E-state index contributed by atoms with van der Waals surface area (Å²) in [7, 11) is 1.86. The fourth-order valence-corrected chi connectivity index (χ4v) is 1.64. The summed E-state index contributed by atoms with van der Waals surface area (Å²) in [5.74, 6) is -0.190. The monoisotopic (exact) mass is 244 g/mol. The molecule has 0 aliphatic rings. The minimum atomic E-state index is -0.190. The van der Waals surface area contributed by atoms with Crippen LogP contribution in [0.25, 0.3) is 0 Å². The maximum atomic E-state index is 11.5. The highest BCUT2D eigenvalue weighted by Gasteiger charge is 2.05. The van der Waals surface area contributed by atoms with E-state index in [1.165, 1.54) is 0 Å². The number of aryl methyl sites for hydroxylation is 2. The summed E-state index contributed by atoms with van der Waals surface area (Å²) in [4.78, 5) is 11.5. The van der Waals surface area contributed by atoms with Gasteiger partial charge in [0.2, 0.25) is 0 Å². The van der Waals surface area contributed by atoms with Crippen LogP contribution in [0.1, 0.15) is 17.7 Å². The van der Waals surface area contributed by atoms with Crippen LogP contribution < -0.4 is 0 Å². The van der Waals surface area contributed by atoms with Crippen LogP contribution in [0.15, 0.2) is 42.6 Å². The predicted molar refractivity (Wildman–Crippen MR) is 67.8 cm³/mol. The van der Waals surface area contributed by atoms with E-state index in [1.807, 2.05) is 49.6 Å². The van der Waals surface area contributed by atoms with Gasteiger partial charge in [0.25, 0.3) is 0 Å². The number of hydrogen-bond acceptors (Lipinski definition) is 3. The van der Waals surface area contributed by atoms with Gasteiger partial charge in [0.1, 0.15) is 6.61 Å². The van der Waals surface area contributed by atoms with Crippen molar-refractivity contribution in [1.82, 2.24) is 9.78 Å². The Morgan fingerprint density at radius 3 is 2.72 bits per heavy atom. The molecule has 0 saturated carbocycles. The molecule has 4 heteroatoms. The van der Waals surface area contributed by atoms with E-state index in [-0.39, 0.29) is 5.97 Å². The number of hydrogen-bond donors (Lipinski definition) is 0. The lowest BCUT2D eigenvalue weighted by Gasteiger charge is -2.03. The standard InChI is InChI=1S/C14H16N2O2/c1-16-10-9-13(15-16)7-8-14(17)18-11-12-5-3-2-4-6-12/h2-6,9-10H,7-8,11H2,1H3. The van der Waals surface area contributed by atoms with Crippen LogP contribution in [0.2, 0.25) is 0 Å². The Morgan fingerprint density at radius 1 is 1.28 bits per heavy atom. The zero-order valence-electron chi connectivity index (χ0n) is 10.4. The molecule has 0 aliphatic heterocycles. The Morgan fingerprint density at radius 2 is 2.06 bits per heavy atom. The first-order valence-electron chi connectivity index (χ1n) is 5.92. The number of esters is 1. The first kappa shape index (κ1) is 12.4. The smallest absolute Gasteiger partial charge is 0.306 e. The van der Waals surface area contributed by atoms with Crippen molar-refractivity contribution in [2.45, 2.75) is 19.4 Å². The average molecular weight is 244 g/mol. The second-order valence-corrected chi connectivity index (χ2v) is 4.13. The van der Waals surface area contributed by atoms with E-state index in [4.69, 9.17) is 4.74 Å². The predicted octanol–water partition coefficient (Wildman–Crippen LogP) is 2.10. The molecular formula is C14H16N2O2. The number of nitrogens with zero attached hydrogens (tertiary/aromatic N) is 2. The van der Waals surface area contributed by atoms with E-state index < -0.39 is 0 Å². The number of rotatable bonds is 5. The van der Waals surface area contributed by atoms with Crippen molar-refractivity contribution in [3.63, 3.8) is 0 Å². The first-order chi connectivity index (χ1) is 8.74. The van der Waals surface area contributed by atoms with Gasteiger partial charge in [-0.15, -0.1) is 0 Å². The zero-order chi connectivity index (χ0) is 12.8. The maximum Gasteiger partial charge on any atom is 0.306 e. The minimum Gasteiger partial charge on any atom is -0.461 e. The summed E-state index contributed by atoms with van der Waals surface area (Å²) in [5, 5.41) is 4.21. The van der Waals surface area contributed by atoms with Crippen LogP contribution >= 0.6 is 0 Å². The largest absolute Gasteiger partial charge is 0.461 e. The number of carbonyl (C=O) groups excluding carboxylic acids is 1. The lowest BCUT2D eigenvalue weighted by atomic mass is 10.2. The van der Waals surface area contributed by atoms with Crippen molar-refractivity contribution in [1.29, 1.82) is 0 Å². The molecule has 2 aromatic rings. The highest BCUT2D eigenvalue weighted by atomic mass is 16.5. The number of aromatic nitrogens is 2. The third kappa shape index (κ3) is 3.73. The Labute approximate surface area is 106 Å². The molecule has 2 rings (SSSR count). The van der Waals surface area contributed by atoms with Gasteiger partial charge in [-0.2, -0.15) is 5.10 Å². The van der Waals surface area contributed by atoms with Crippen molar-refractivity contribution in [2.24, 2.45) is 7.05 Å². The summed E-state index contributed by atoms with van der Waals surface area (Å²) >= 11 is 0. The molecule has 0 bridgehead atoms. The van der Waals surface area contributed by atoms with Gasteiger partial charge in [0, 0.05) is 19.7 Å². The molecule has 94 valence electrons. The molecule has 1 heterocycles. The van der Waals surface area contributed by atoms with Gasteiger partial charge in [-0.05, 0) is 11.6 Å². The molecular weight excluding hydrogens is 228 g/mol. The van der Waals surface area contributed by atoms with Gasteiger partial charge in [0.05, 0.1) is 12.1 Å². The number of carbonyl (C=O) groups is 1. The third-order valence-electron chi connectivity index (χ3n) is 2.60. The molecule has 0 saturated heterocycles. The fraction of sp³-hybridized carbons (Fsp3) is 0.286. The first-order valence-corrected chi connectivity index (χ1v) is 5.92. The number of benzene rings is 1. The topological polar surface area (TPSA) is 44.1 Å². The molecule has 0 N–H and O–H groups in total. The second kappa shape index (κ2) is 6.00. The van der Waals surface area contributed by atoms with E-state index in [1.54, 1.807) is 4.68 Å². The minimum absolute atomic E-state index is 0.190. The normalized spacial score (nSPS) is 10.3. The van der Waals surface area contributed by atoms with Crippen LogP contribution in [0.4, 0.5) is 0 Å². The summed E-state index contributed by atoms with van der Waals surface area (Å²) in [6.07, 6.45) is 2.85. The quantitative estimate of drug-likeness (QED) is 0.756. The van der Waals surface area contributed by atoms with Gasteiger partial charge in [-0.1, -0.05) is 30.3 Å². The van der Waals surface area contributed by atoms with Gasteiger partial charge in [-0.25, -0.2) is 0 Å².